The Balaban J connectivity index is 2.25. The summed E-state index contributed by atoms with van der Waals surface area (Å²) in [5.74, 6) is -0.540. The number of carboxylic acids is 1. The van der Waals surface area contributed by atoms with Gasteiger partial charge in [0.05, 0.1) is 6.42 Å². The number of nitrogens with zero attached hydrogens (tertiary/aromatic N) is 1. The maximum absolute atomic E-state index is 11.9. The standard InChI is InChI=1S/C16H16ClNO4/c1-16(2,22-12-7-5-11(17)6-8-12)10-14-13(15(19)20)4-3-9-18(14)21/h3-9H,10H2,1-2H3,(H,19,20). The van der Waals surface area contributed by atoms with E-state index in [2.05, 4.69) is 0 Å². The molecule has 2 aromatic rings. The fourth-order valence-electron chi connectivity index (χ4n) is 2.15. The summed E-state index contributed by atoms with van der Waals surface area (Å²) in [4.78, 5) is 11.2. The van der Waals surface area contributed by atoms with Gasteiger partial charge in [-0.1, -0.05) is 11.6 Å². The van der Waals surface area contributed by atoms with Crippen LogP contribution in [0.3, 0.4) is 0 Å². The smallest absolute Gasteiger partial charge is 0.342 e. The number of ether oxygens (including phenoxy) is 1. The molecule has 0 aliphatic carbocycles. The second-order valence-corrected chi connectivity index (χ2v) is 5.93. The van der Waals surface area contributed by atoms with Crippen LogP contribution in [0.25, 0.3) is 0 Å². The highest BCUT2D eigenvalue weighted by Crippen LogP contribution is 2.23. The Morgan fingerprint density at radius 3 is 2.55 bits per heavy atom. The van der Waals surface area contributed by atoms with E-state index in [1.54, 1.807) is 38.1 Å². The van der Waals surface area contributed by atoms with Crippen LogP contribution in [0, 0.1) is 5.21 Å². The van der Waals surface area contributed by atoms with Gasteiger partial charge in [-0.3, -0.25) is 0 Å². The van der Waals surface area contributed by atoms with Gasteiger partial charge in [0.1, 0.15) is 16.9 Å². The minimum atomic E-state index is -1.14. The van der Waals surface area contributed by atoms with E-state index in [0.717, 1.165) is 0 Å². The molecule has 0 spiro atoms. The summed E-state index contributed by atoms with van der Waals surface area (Å²) < 4.78 is 6.41. The van der Waals surface area contributed by atoms with Gasteiger partial charge >= 0.3 is 5.97 Å². The largest absolute Gasteiger partial charge is 0.618 e. The minimum absolute atomic E-state index is 0.0229. The van der Waals surface area contributed by atoms with Crippen molar-refractivity contribution in [2.24, 2.45) is 0 Å². The molecule has 0 atom stereocenters. The average Bonchev–Trinajstić information content (AvgIpc) is 2.43. The lowest BCUT2D eigenvalue weighted by Crippen LogP contribution is -2.41. The first-order valence-electron chi connectivity index (χ1n) is 6.67. The van der Waals surface area contributed by atoms with E-state index in [1.807, 2.05) is 0 Å². The molecule has 0 radical (unpaired) electrons. The Labute approximate surface area is 133 Å². The average molecular weight is 322 g/mol. The summed E-state index contributed by atoms with van der Waals surface area (Å²) in [6.07, 6.45) is 1.43. The molecule has 0 aliphatic heterocycles. The first-order chi connectivity index (χ1) is 10.3. The molecule has 0 bridgehead atoms. The Morgan fingerprint density at radius 2 is 1.95 bits per heavy atom. The third-order valence-electron chi connectivity index (χ3n) is 3.09. The minimum Gasteiger partial charge on any atom is -0.618 e. The summed E-state index contributed by atoms with van der Waals surface area (Å²) in [6, 6.07) is 9.66. The van der Waals surface area contributed by atoms with Crippen molar-refractivity contribution in [1.82, 2.24) is 0 Å². The quantitative estimate of drug-likeness (QED) is 0.678. The van der Waals surface area contributed by atoms with E-state index in [9.17, 15) is 15.1 Å². The molecule has 116 valence electrons. The topological polar surface area (TPSA) is 73.5 Å². The monoisotopic (exact) mass is 321 g/mol. The number of rotatable bonds is 5. The van der Waals surface area contributed by atoms with E-state index in [-0.39, 0.29) is 17.7 Å². The molecule has 22 heavy (non-hydrogen) atoms. The van der Waals surface area contributed by atoms with E-state index in [4.69, 9.17) is 16.3 Å². The predicted octanol–water partition coefficient (Wildman–Crippen LogP) is 3.07. The predicted molar refractivity (Wildman–Crippen MR) is 82.2 cm³/mol. The van der Waals surface area contributed by atoms with E-state index >= 15 is 0 Å². The van der Waals surface area contributed by atoms with Crippen molar-refractivity contribution in [3.63, 3.8) is 0 Å². The molecule has 1 aromatic carbocycles. The fraction of sp³-hybridized carbons (Fsp3) is 0.250. The van der Waals surface area contributed by atoms with Crippen LogP contribution in [0.2, 0.25) is 5.02 Å². The van der Waals surface area contributed by atoms with Crippen LogP contribution in [0.4, 0.5) is 0 Å². The fourth-order valence-corrected chi connectivity index (χ4v) is 2.28. The van der Waals surface area contributed by atoms with Crippen molar-refractivity contribution in [3.8, 4) is 5.75 Å². The number of aromatic carboxylic acids is 1. The highest BCUT2D eigenvalue weighted by atomic mass is 35.5. The maximum atomic E-state index is 11.9. The zero-order valence-corrected chi connectivity index (χ0v) is 13.0. The lowest BCUT2D eigenvalue weighted by Gasteiger charge is -2.26. The lowest BCUT2D eigenvalue weighted by atomic mass is 9.98. The molecule has 0 saturated heterocycles. The van der Waals surface area contributed by atoms with E-state index in [1.165, 1.54) is 18.3 Å². The second-order valence-electron chi connectivity index (χ2n) is 5.49. The molecule has 2 rings (SSSR count). The summed E-state index contributed by atoms with van der Waals surface area (Å²) in [5.41, 5.74) is -0.620. The molecular weight excluding hydrogens is 306 g/mol. The Morgan fingerprint density at radius 1 is 1.32 bits per heavy atom. The summed E-state index contributed by atoms with van der Waals surface area (Å²) in [7, 11) is 0. The Hall–Kier alpha value is -2.27. The summed E-state index contributed by atoms with van der Waals surface area (Å²) >= 11 is 5.82. The molecule has 1 N–H and O–H groups in total. The number of aromatic nitrogens is 1. The lowest BCUT2D eigenvalue weighted by molar-refractivity contribution is -0.615. The SMILES string of the molecule is CC(C)(Cc1c(C(=O)O)ccc[n+]1[O-])Oc1ccc(Cl)cc1. The molecule has 0 amide bonds. The summed E-state index contributed by atoms with van der Waals surface area (Å²) in [5, 5.41) is 21.7. The maximum Gasteiger partial charge on any atom is 0.342 e. The third kappa shape index (κ3) is 3.89. The molecule has 0 unspecified atom stereocenters. The van der Waals surface area contributed by atoms with Crippen LogP contribution in [0.15, 0.2) is 42.6 Å². The van der Waals surface area contributed by atoms with Crippen LogP contribution < -0.4 is 9.47 Å². The van der Waals surface area contributed by atoms with Crippen LogP contribution >= 0.6 is 11.6 Å². The number of benzene rings is 1. The number of halogens is 1. The van der Waals surface area contributed by atoms with Gasteiger partial charge in [-0.25, -0.2) is 4.79 Å². The van der Waals surface area contributed by atoms with Crippen molar-refractivity contribution in [2.45, 2.75) is 25.9 Å². The van der Waals surface area contributed by atoms with Crippen molar-refractivity contribution >= 4 is 17.6 Å². The van der Waals surface area contributed by atoms with Gasteiger partial charge in [0.25, 0.3) is 0 Å². The highest BCUT2D eigenvalue weighted by molar-refractivity contribution is 6.30. The van der Waals surface area contributed by atoms with Gasteiger partial charge in [0, 0.05) is 11.1 Å². The Bertz CT molecular complexity index is 683. The van der Waals surface area contributed by atoms with Crippen LogP contribution in [0.5, 0.6) is 5.75 Å². The second kappa shape index (κ2) is 6.23. The first kappa shape index (κ1) is 16.1. The molecule has 0 saturated carbocycles. The van der Waals surface area contributed by atoms with Crippen molar-refractivity contribution in [1.29, 1.82) is 0 Å². The molecule has 5 nitrogen and oxygen atoms in total. The van der Waals surface area contributed by atoms with E-state index < -0.39 is 11.6 Å². The highest BCUT2D eigenvalue weighted by Gasteiger charge is 2.29. The third-order valence-corrected chi connectivity index (χ3v) is 3.34. The molecule has 0 aliphatic rings. The normalized spacial score (nSPS) is 11.2. The van der Waals surface area contributed by atoms with E-state index in [0.29, 0.717) is 15.5 Å². The van der Waals surface area contributed by atoms with Crippen molar-refractivity contribution in [2.75, 3.05) is 0 Å². The number of hydrogen-bond acceptors (Lipinski definition) is 3. The van der Waals surface area contributed by atoms with Crippen LogP contribution in [0.1, 0.15) is 29.9 Å². The zero-order chi connectivity index (χ0) is 16.3. The number of pyridine rings is 1. The Kier molecular flexibility index (Phi) is 4.56. The molecule has 0 fully saturated rings. The van der Waals surface area contributed by atoms with Crippen LogP contribution in [-0.2, 0) is 6.42 Å². The van der Waals surface area contributed by atoms with Crippen LogP contribution in [-0.4, -0.2) is 16.7 Å². The molecule has 1 aromatic heterocycles. The first-order valence-corrected chi connectivity index (χ1v) is 7.05. The van der Waals surface area contributed by atoms with Gasteiger partial charge in [-0.15, -0.1) is 0 Å². The number of carbonyl (C=O) groups is 1. The van der Waals surface area contributed by atoms with Crippen molar-refractivity contribution in [3.05, 3.63) is 64.1 Å². The van der Waals surface area contributed by atoms with Gasteiger partial charge in [0.15, 0.2) is 6.20 Å². The number of carboxylic acid groups (broad SMARTS) is 1. The zero-order valence-electron chi connectivity index (χ0n) is 12.2. The molecular formula is C16H16ClNO4. The van der Waals surface area contributed by atoms with Gasteiger partial charge < -0.3 is 15.1 Å². The number of hydrogen-bond donors (Lipinski definition) is 1. The van der Waals surface area contributed by atoms with Gasteiger partial charge in [-0.05, 0) is 44.2 Å². The summed E-state index contributed by atoms with van der Waals surface area (Å²) in [6.45, 7) is 3.58. The molecule has 6 heteroatoms. The molecule has 1 heterocycles. The van der Waals surface area contributed by atoms with Gasteiger partial charge in [0.2, 0.25) is 5.69 Å². The van der Waals surface area contributed by atoms with Gasteiger partial charge in [-0.2, -0.15) is 4.73 Å². The van der Waals surface area contributed by atoms with Crippen molar-refractivity contribution < 1.29 is 19.4 Å².